The molecule has 0 saturated carbocycles. The topological polar surface area (TPSA) is 83.9 Å². The van der Waals surface area contributed by atoms with Crippen molar-refractivity contribution in [2.24, 2.45) is 0 Å². The number of benzene rings is 3. The van der Waals surface area contributed by atoms with E-state index in [1.807, 2.05) is 86.5 Å². The van der Waals surface area contributed by atoms with Crippen LogP contribution in [0.15, 0.2) is 77.7 Å². The minimum Gasteiger partial charge on any atom is -0.744 e. The van der Waals surface area contributed by atoms with Crippen LogP contribution in [0.4, 0.5) is 11.4 Å². The van der Waals surface area contributed by atoms with E-state index in [1.54, 1.807) is 0 Å². The molecule has 31 heavy (non-hydrogen) atoms. The maximum atomic E-state index is 11.9. The Bertz CT molecular complexity index is 1060. The molecule has 0 aliphatic carbocycles. The maximum Gasteiger partial charge on any atom is 1.00 e. The van der Waals surface area contributed by atoms with Crippen molar-refractivity contribution in [1.82, 2.24) is 0 Å². The Kier molecular flexibility index (Phi) is 7.97. The fraction of sp³-hybridized carbons (Fsp3) is 0.217. The van der Waals surface area contributed by atoms with Gasteiger partial charge in [0.25, 0.3) is 0 Å². The summed E-state index contributed by atoms with van der Waals surface area (Å²) in [5, 5.41) is 11.9. The van der Waals surface area contributed by atoms with E-state index in [9.17, 15) is 18.1 Å². The molecule has 0 spiro atoms. The summed E-state index contributed by atoms with van der Waals surface area (Å²) >= 11 is 0. The molecule has 0 aliphatic heterocycles. The summed E-state index contributed by atoms with van der Waals surface area (Å²) in [5.74, 6) is 0. The monoisotopic (exact) mass is 448 g/mol. The summed E-state index contributed by atoms with van der Waals surface area (Å²) in [5.41, 5.74) is 2.16. The summed E-state index contributed by atoms with van der Waals surface area (Å²) in [6, 6.07) is 20.4. The van der Waals surface area contributed by atoms with E-state index in [-0.39, 0.29) is 34.5 Å². The standard InChI is InChI=1S/C23H26N2O4S.Na/c1-24(2)20-11-5-17(6-12-20)23(26,18-7-13-21(14-8-18)25(3)4)19-9-15-22(16-10-19)30(27,28)29;/h5-16,26H,1-4H3,(H,27,28,29);/q;+1/p-1. The summed E-state index contributed by atoms with van der Waals surface area (Å²) < 4.78 is 33.9. The fourth-order valence-corrected chi connectivity index (χ4v) is 3.83. The third kappa shape index (κ3) is 5.31. The van der Waals surface area contributed by atoms with Gasteiger partial charge in [-0.2, -0.15) is 0 Å². The first-order valence-corrected chi connectivity index (χ1v) is 10.8. The van der Waals surface area contributed by atoms with Crippen molar-refractivity contribution in [3.05, 3.63) is 89.5 Å². The number of hydrogen-bond donors (Lipinski definition) is 1. The molecule has 3 aromatic rings. The van der Waals surface area contributed by atoms with Crippen LogP contribution in [0.1, 0.15) is 16.7 Å². The number of hydrogen-bond acceptors (Lipinski definition) is 6. The molecule has 0 aromatic heterocycles. The number of anilines is 2. The Labute approximate surface area is 206 Å². The molecule has 3 aromatic carbocycles. The maximum absolute atomic E-state index is 11.9. The van der Waals surface area contributed by atoms with Crippen LogP contribution in [0.2, 0.25) is 0 Å². The van der Waals surface area contributed by atoms with Crippen molar-refractivity contribution >= 4 is 21.5 Å². The van der Waals surface area contributed by atoms with Crippen molar-refractivity contribution in [1.29, 1.82) is 0 Å². The summed E-state index contributed by atoms with van der Waals surface area (Å²) in [6.45, 7) is 0. The van der Waals surface area contributed by atoms with Crippen LogP contribution in [0.25, 0.3) is 0 Å². The zero-order valence-corrected chi connectivity index (χ0v) is 21.2. The van der Waals surface area contributed by atoms with Crippen molar-refractivity contribution < 1.29 is 47.6 Å². The van der Waals surface area contributed by atoms with Crippen molar-refractivity contribution in [3.63, 3.8) is 0 Å². The predicted molar refractivity (Wildman–Crippen MR) is 118 cm³/mol. The Balaban J connectivity index is 0.00000341. The Morgan fingerprint density at radius 1 is 0.677 bits per heavy atom. The molecule has 1 N–H and O–H groups in total. The van der Waals surface area contributed by atoms with E-state index in [2.05, 4.69) is 0 Å². The Morgan fingerprint density at radius 3 is 1.23 bits per heavy atom. The van der Waals surface area contributed by atoms with E-state index < -0.39 is 15.7 Å². The zero-order valence-electron chi connectivity index (χ0n) is 18.4. The molecule has 3 rings (SSSR count). The average molecular weight is 449 g/mol. The average Bonchev–Trinajstić information content (AvgIpc) is 2.72. The molecule has 6 nitrogen and oxygen atoms in total. The molecular weight excluding hydrogens is 423 g/mol. The number of nitrogens with zero attached hydrogens (tertiary/aromatic N) is 2. The van der Waals surface area contributed by atoms with E-state index >= 15 is 0 Å². The third-order valence-corrected chi connectivity index (χ3v) is 6.01. The molecular formula is C23H25N2NaO4S. The number of aliphatic hydroxyl groups is 1. The van der Waals surface area contributed by atoms with Gasteiger partial charge in [0.05, 0.1) is 4.90 Å². The SMILES string of the molecule is CN(C)c1ccc(C(O)(c2ccc(N(C)C)cc2)c2ccc(S(=O)(=O)[O-])cc2)cc1.[Na+]. The van der Waals surface area contributed by atoms with Crippen LogP contribution in [0.5, 0.6) is 0 Å². The molecule has 0 atom stereocenters. The van der Waals surface area contributed by atoms with Crippen LogP contribution in [-0.2, 0) is 15.7 Å². The van der Waals surface area contributed by atoms with Gasteiger partial charge in [0.2, 0.25) is 0 Å². The van der Waals surface area contributed by atoms with E-state index in [4.69, 9.17) is 0 Å². The predicted octanol–water partition coefficient (Wildman–Crippen LogP) is 0.0109. The van der Waals surface area contributed by atoms with Gasteiger partial charge < -0.3 is 19.5 Å². The smallest absolute Gasteiger partial charge is 0.744 e. The Morgan fingerprint density at radius 2 is 0.968 bits per heavy atom. The summed E-state index contributed by atoms with van der Waals surface area (Å²) in [7, 11) is 3.17. The first-order valence-electron chi connectivity index (χ1n) is 9.38. The van der Waals surface area contributed by atoms with E-state index in [0.717, 1.165) is 11.4 Å². The van der Waals surface area contributed by atoms with Crippen LogP contribution in [-0.4, -0.2) is 46.3 Å². The Hall–Kier alpha value is -1.87. The molecule has 0 radical (unpaired) electrons. The number of rotatable bonds is 6. The van der Waals surface area contributed by atoms with Gasteiger partial charge in [-0.25, -0.2) is 8.42 Å². The van der Waals surface area contributed by atoms with Crippen LogP contribution in [0, 0.1) is 0 Å². The quantitative estimate of drug-likeness (QED) is 0.325. The third-order valence-electron chi connectivity index (χ3n) is 5.16. The van der Waals surface area contributed by atoms with Gasteiger partial charge in [-0.15, -0.1) is 0 Å². The zero-order chi connectivity index (χ0) is 22.1. The molecule has 158 valence electrons. The van der Waals surface area contributed by atoms with Gasteiger partial charge in [0.15, 0.2) is 0 Å². The molecule has 0 unspecified atom stereocenters. The second kappa shape index (κ2) is 9.73. The minimum atomic E-state index is -4.57. The van der Waals surface area contributed by atoms with Gasteiger partial charge >= 0.3 is 29.6 Å². The van der Waals surface area contributed by atoms with Gasteiger partial charge in [0.1, 0.15) is 15.7 Å². The van der Waals surface area contributed by atoms with Crippen LogP contribution in [0.3, 0.4) is 0 Å². The second-order valence-corrected chi connectivity index (χ2v) is 8.95. The normalized spacial score (nSPS) is 11.5. The van der Waals surface area contributed by atoms with Crippen molar-refractivity contribution in [2.45, 2.75) is 10.5 Å². The molecule has 0 amide bonds. The van der Waals surface area contributed by atoms with Gasteiger partial charge in [0, 0.05) is 39.6 Å². The molecule has 0 saturated heterocycles. The first kappa shape index (κ1) is 25.4. The van der Waals surface area contributed by atoms with Gasteiger partial charge in [-0.1, -0.05) is 36.4 Å². The molecule has 0 aliphatic rings. The second-order valence-electron chi connectivity index (χ2n) is 7.57. The van der Waals surface area contributed by atoms with Crippen LogP contribution < -0.4 is 39.4 Å². The van der Waals surface area contributed by atoms with Crippen LogP contribution >= 0.6 is 0 Å². The van der Waals surface area contributed by atoms with E-state index in [1.165, 1.54) is 24.3 Å². The minimum absolute atomic E-state index is 0. The summed E-state index contributed by atoms with van der Waals surface area (Å²) in [6.07, 6.45) is 0. The van der Waals surface area contributed by atoms with Gasteiger partial charge in [-0.05, 0) is 53.1 Å². The van der Waals surface area contributed by atoms with Crippen molar-refractivity contribution in [3.8, 4) is 0 Å². The molecule has 0 bridgehead atoms. The molecule has 0 heterocycles. The van der Waals surface area contributed by atoms with Gasteiger partial charge in [-0.3, -0.25) is 0 Å². The largest absolute Gasteiger partial charge is 1.00 e. The summed E-state index contributed by atoms with van der Waals surface area (Å²) in [4.78, 5) is 3.59. The van der Waals surface area contributed by atoms with E-state index in [0.29, 0.717) is 16.7 Å². The first-order chi connectivity index (χ1) is 14.0. The molecule has 0 fully saturated rings. The fourth-order valence-electron chi connectivity index (χ4n) is 3.36. The molecule has 8 heteroatoms. The van der Waals surface area contributed by atoms with Crippen molar-refractivity contribution in [2.75, 3.05) is 38.0 Å².